The zero-order chi connectivity index (χ0) is 6.48. The molecule has 1 saturated carbocycles. The Bertz CT molecular complexity index is 164. The average molecular weight is 127 g/mol. The Morgan fingerprint density at radius 2 is 2.67 bits per heavy atom. The molecule has 9 heavy (non-hydrogen) atoms. The quantitative estimate of drug-likeness (QED) is 0.483. The highest BCUT2D eigenvalue weighted by molar-refractivity contribution is 5.87. The summed E-state index contributed by atoms with van der Waals surface area (Å²) in [5.41, 5.74) is -0.250. The highest BCUT2D eigenvalue weighted by Gasteiger charge is 2.65. The van der Waals surface area contributed by atoms with Gasteiger partial charge in [-0.15, -0.1) is 0 Å². The van der Waals surface area contributed by atoms with Crippen LogP contribution in [0.1, 0.15) is 6.42 Å². The van der Waals surface area contributed by atoms with E-state index in [1.165, 1.54) is 0 Å². The van der Waals surface area contributed by atoms with Crippen molar-refractivity contribution in [3.8, 4) is 0 Å². The minimum atomic E-state index is -0.250. The van der Waals surface area contributed by atoms with Crippen LogP contribution in [0.25, 0.3) is 0 Å². The number of rotatable bonds is 1. The molecule has 3 heteroatoms. The van der Waals surface area contributed by atoms with E-state index < -0.39 is 0 Å². The number of hydrogen-bond acceptors (Lipinski definition) is 3. The van der Waals surface area contributed by atoms with Gasteiger partial charge in [0.1, 0.15) is 5.54 Å². The third-order valence-corrected chi connectivity index (χ3v) is 2.33. The number of hydrogen-bond donors (Lipinski definition) is 1. The first-order chi connectivity index (χ1) is 4.29. The Kier molecular flexibility index (Phi) is 0.750. The van der Waals surface area contributed by atoms with E-state index >= 15 is 0 Å². The van der Waals surface area contributed by atoms with Gasteiger partial charge in [0.25, 0.3) is 0 Å². The van der Waals surface area contributed by atoms with Crippen molar-refractivity contribution in [1.29, 1.82) is 0 Å². The topological polar surface area (TPSA) is 38.3 Å². The summed E-state index contributed by atoms with van der Waals surface area (Å²) in [4.78, 5) is 10.9. The van der Waals surface area contributed by atoms with Gasteiger partial charge in [-0.25, -0.2) is 0 Å². The molecule has 1 aliphatic carbocycles. The van der Waals surface area contributed by atoms with Gasteiger partial charge >= 0.3 is 5.97 Å². The Hall–Kier alpha value is -0.570. The maximum atomic E-state index is 10.9. The molecule has 0 bridgehead atoms. The smallest absolute Gasteiger partial charge is 0.326 e. The highest BCUT2D eigenvalue weighted by Crippen LogP contribution is 2.48. The summed E-state index contributed by atoms with van der Waals surface area (Å²) in [5, 5.41) is 2.99. The molecule has 50 valence electrons. The molecule has 0 aromatic heterocycles. The first-order valence-corrected chi connectivity index (χ1v) is 3.16. The van der Waals surface area contributed by atoms with Crippen LogP contribution in [0.15, 0.2) is 0 Å². The Labute approximate surface area is 53.4 Å². The van der Waals surface area contributed by atoms with Crippen LogP contribution in [-0.4, -0.2) is 25.2 Å². The van der Waals surface area contributed by atoms with Crippen LogP contribution in [0, 0.1) is 5.92 Å². The molecule has 2 atom stereocenters. The third-order valence-electron chi connectivity index (χ3n) is 2.33. The van der Waals surface area contributed by atoms with E-state index in [-0.39, 0.29) is 11.5 Å². The van der Waals surface area contributed by atoms with Gasteiger partial charge < -0.3 is 10.1 Å². The van der Waals surface area contributed by atoms with E-state index in [1.54, 1.807) is 0 Å². The van der Waals surface area contributed by atoms with Crippen molar-refractivity contribution >= 4 is 5.97 Å². The predicted octanol–water partition coefficient (Wildman–Crippen LogP) is -0.479. The highest BCUT2D eigenvalue weighted by atomic mass is 16.5. The summed E-state index contributed by atoms with van der Waals surface area (Å²) < 4.78 is 4.81. The van der Waals surface area contributed by atoms with Crippen molar-refractivity contribution < 1.29 is 9.53 Å². The van der Waals surface area contributed by atoms with Crippen molar-refractivity contribution in [2.75, 3.05) is 13.7 Å². The van der Waals surface area contributed by atoms with Gasteiger partial charge in [-0.1, -0.05) is 0 Å². The number of cyclic esters (lactones) is 1. The van der Waals surface area contributed by atoms with Crippen LogP contribution >= 0.6 is 0 Å². The lowest BCUT2D eigenvalue weighted by atomic mass is 10.2. The second-order valence-corrected chi connectivity index (χ2v) is 2.72. The fraction of sp³-hybridized carbons (Fsp3) is 0.833. The van der Waals surface area contributed by atoms with Crippen molar-refractivity contribution in [1.82, 2.24) is 5.32 Å². The molecule has 0 amide bonds. The first-order valence-electron chi connectivity index (χ1n) is 3.16. The summed E-state index contributed by atoms with van der Waals surface area (Å²) in [6.07, 6.45) is 0.975. The third kappa shape index (κ3) is 0.435. The minimum absolute atomic E-state index is 0.0602. The fourth-order valence-electron chi connectivity index (χ4n) is 1.49. The van der Waals surface area contributed by atoms with Gasteiger partial charge in [0.2, 0.25) is 0 Å². The monoisotopic (exact) mass is 127 g/mol. The molecule has 0 aromatic carbocycles. The van der Waals surface area contributed by atoms with Gasteiger partial charge in [0.15, 0.2) is 0 Å². The molecule has 1 N–H and O–H groups in total. The standard InChI is InChI=1S/C6H9NO2/c1-7-6-2-4(6)3-9-5(6)8/h4,7H,2-3H2,1H3/t4?,6-/m0/s1. The number of carbonyl (C=O) groups excluding carboxylic acids is 1. The van der Waals surface area contributed by atoms with Crippen LogP contribution in [0.5, 0.6) is 0 Å². The van der Waals surface area contributed by atoms with Crippen LogP contribution in [-0.2, 0) is 9.53 Å². The van der Waals surface area contributed by atoms with E-state index in [2.05, 4.69) is 5.32 Å². The summed E-state index contributed by atoms with van der Waals surface area (Å²) in [7, 11) is 1.81. The molecule has 1 aliphatic heterocycles. The molecular weight excluding hydrogens is 118 g/mol. The number of ether oxygens (including phenoxy) is 1. The van der Waals surface area contributed by atoms with Gasteiger partial charge in [-0.3, -0.25) is 4.79 Å². The molecule has 0 aromatic rings. The number of carbonyl (C=O) groups is 1. The summed E-state index contributed by atoms with van der Waals surface area (Å²) in [6, 6.07) is 0. The molecule has 1 saturated heterocycles. The Balaban J connectivity index is 2.23. The van der Waals surface area contributed by atoms with E-state index in [0.29, 0.717) is 12.5 Å². The molecule has 2 rings (SSSR count). The van der Waals surface area contributed by atoms with Crippen molar-refractivity contribution in [2.45, 2.75) is 12.0 Å². The van der Waals surface area contributed by atoms with Gasteiger partial charge in [-0.05, 0) is 13.5 Å². The maximum absolute atomic E-state index is 10.9. The zero-order valence-corrected chi connectivity index (χ0v) is 5.31. The van der Waals surface area contributed by atoms with Crippen LogP contribution in [0.2, 0.25) is 0 Å². The number of esters is 1. The lowest BCUT2D eigenvalue weighted by Gasteiger charge is -2.04. The predicted molar refractivity (Wildman–Crippen MR) is 30.9 cm³/mol. The number of likely N-dealkylation sites (N-methyl/N-ethyl adjacent to an activating group) is 1. The van der Waals surface area contributed by atoms with Gasteiger partial charge in [-0.2, -0.15) is 0 Å². The largest absolute Gasteiger partial charge is 0.464 e. The van der Waals surface area contributed by atoms with Crippen LogP contribution in [0.4, 0.5) is 0 Å². The summed E-state index contributed by atoms with van der Waals surface area (Å²) in [6.45, 7) is 0.625. The number of fused-ring (bicyclic) bond motifs is 1. The summed E-state index contributed by atoms with van der Waals surface area (Å²) in [5.74, 6) is 0.407. The maximum Gasteiger partial charge on any atom is 0.326 e. The van der Waals surface area contributed by atoms with E-state index in [1.807, 2.05) is 7.05 Å². The molecular formula is C6H9NO2. The van der Waals surface area contributed by atoms with Crippen LogP contribution in [0.3, 0.4) is 0 Å². The number of nitrogens with one attached hydrogen (secondary N) is 1. The minimum Gasteiger partial charge on any atom is -0.464 e. The molecule has 1 unspecified atom stereocenters. The summed E-state index contributed by atoms with van der Waals surface area (Å²) >= 11 is 0. The van der Waals surface area contributed by atoms with Crippen LogP contribution < -0.4 is 5.32 Å². The normalized spacial score (nSPS) is 46.3. The van der Waals surface area contributed by atoms with E-state index in [4.69, 9.17) is 4.74 Å². The fourth-order valence-corrected chi connectivity index (χ4v) is 1.49. The molecule has 3 nitrogen and oxygen atoms in total. The molecule has 0 spiro atoms. The van der Waals surface area contributed by atoms with E-state index in [9.17, 15) is 4.79 Å². The second-order valence-electron chi connectivity index (χ2n) is 2.72. The lowest BCUT2D eigenvalue weighted by Crippen LogP contribution is -2.35. The van der Waals surface area contributed by atoms with Crippen molar-refractivity contribution in [3.63, 3.8) is 0 Å². The van der Waals surface area contributed by atoms with Crippen molar-refractivity contribution in [3.05, 3.63) is 0 Å². The van der Waals surface area contributed by atoms with E-state index in [0.717, 1.165) is 6.42 Å². The Morgan fingerprint density at radius 3 is 2.89 bits per heavy atom. The van der Waals surface area contributed by atoms with Gasteiger partial charge in [0, 0.05) is 5.92 Å². The second kappa shape index (κ2) is 1.29. The molecule has 0 radical (unpaired) electrons. The molecule has 1 heterocycles. The lowest BCUT2D eigenvalue weighted by molar-refractivity contribution is -0.142. The molecule has 2 aliphatic rings. The molecule has 2 fully saturated rings. The average Bonchev–Trinajstić information content (AvgIpc) is 2.52. The Morgan fingerprint density at radius 1 is 1.89 bits per heavy atom. The van der Waals surface area contributed by atoms with Gasteiger partial charge in [0.05, 0.1) is 6.61 Å². The van der Waals surface area contributed by atoms with Crippen molar-refractivity contribution in [2.24, 2.45) is 5.92 Å². The SMILES string of the molecule is CN[C@@]12CC1COC2=O. The first kappa shape index (κ1) is 5.23. The zero-order valence-electron chi connectivity index (χ0n) is 5.31.